The normalized spacial score (nSPS) is 24.6. The van der Waals surface area contributed by atoms with Gasteiger partial charge in [0.1, 0.15) is 0 Å². The topological polar surface area (TPSA) is 50.6 Å². The predicted octanol–water partition coefficient (Wildman–Crippen LogP) is -1.56. The van der Waals surface area contributed by atoms with E-state index >= 15 is 0 Å². The lowest BCUT2D eigenvalue weighted by atomic mass is 10.2. The smallest absolute Gasteiger partial charge is 0.416 e. The lowest BCUT2D eigenvalue weighted by molar-refractivity contribution is -0.930. The zero-order valence-corrected chi connectivity index (χ0v) is 15.1. The van der Waals surface area contributed by atoms with Crippen LogP contribution in [0.3, 0.4) is 0 Å². The average molecular weight is 387 g/mol. The molecule has 1 heterocycles. The first-order valence-corrected chi connectivity index (χ1v) is 9.12. The summed E-state index contributed by atoms with van der Waals surface area (Å²) in [4.78, 5) is 0.974. The molecular formula is C15H22ClF3N2O2S. The van der Waals surface area contributed by atoms with Crippen LogP contribution in [0.1, 0.15) is 32.3 Å². The largest absolute Gasteiger partial charge is 1.00 e. The maximum atomic E-state index is 12.7. The first-order valence-electron chi connectivity index (χ1n) is 7.64. The Bertz CT molecular complexity index is 642. The van der Waals surface area contributed by atoms with Gasteiger partial charge in [-0.2, -0.15) is 13.2 Å². The second kappa shape index (κ2) is 8.03. The van der Waals surface area contributed by atoms with Crippen LogP contribution in [0.5, 0.6) is 0 Å². The summed E-state index contributed by atoms with van der Waals surface area (Å²) >= 11 is 0. The third-order valence-electron chi connectivity index (χ3n) is 4.48. The van der Waals surface area contributed by atoms with Gasteiger partial charge < -0.3 is 17.3 Å². The van der Waals surface area contributed by atoms with Crippen LogP contribution >= 0.6 is 0 Å². The maximum Gasteiger partial charge on any atom is 0.416 e. The molecule has 1 fully saturated rings. The molecule has 24 heavy (non-hydrogen) atoms. The van der Waals surface area contributed by atoms with Crippen LogP contribution in [0.4, 0.5) is 13.2 Å². The predicted molar refractivity (Wildman–Crippen MR) is 80.6 cm³/mol. The van der Waals surface area contributed by atoms with Crippen LogP contribution in [-0.4, -0.2) is 33.6 Å². The van der Waals surface area contributed by atoms with Crippen molar-refractivity contribution in [2.75, 3.05) is 13.1 Å². The molecule has 2 N–H and O–H groups in total. The second-order valence-electron chi connectivity index (χ2n) is 6.13. The molecule has 1 aromatic carbocycles. The van der Waals surface area contributed by atoms with Crippen molar-refractivity contribution in [3.8, 4) is 0 Å². The van der Waals surface area contributed by atoms with Crippen LogP contribution < -0.4 is 22.0 Å². The Hall–Kier alpha value is -0.830. The zero-order valence-electron chi connectivity index (χ0n) is 13.5. The first-order chi connectivity index (χ1) is 10.6. The van der Waals surface area contributed by atoms with E-state index in [-0.39, 0.29) is 23.8 Å². The van der Waals surface area contributed by atoms with E-state index in [1.807, 2.05) is 0 Å². The number of halogens is 4. The van der Waals surface area contributed by atoms with E-state index in [0.29, 0.717) is 24.7 Å². The molecule has 2 atom stereocenters. The molecular weight excluding hydrogens is 365 g/mol. The fourth-order valence-electron chi connectivity index (χ4n) is 3.10. The Morgan fingerprint density at radius 2 is 1.79 bits per heavy atom. The standard InChI is InChI=1S/C15H21F3N2O2S.ClH/c1-11-6-7-12(2)20(11)9-8-19-23(21,22)14-5-3-4-13(10-14)15(16,17)18;/h3-5,10-12,19H,6-9H2,1-2H3;1H. The van der Waals surface area contributed by atoms with Gasteiger partial charge in [-0.25, -0.2) is 13.1 Å². The van der Waals surface area contributed by atoms with E-state index in [4.69, 9.17) is 0 Å². The third-order valence-corrected chi connectivity index (χ3v) is 5.93. The summed E-state index contributed by atoms with van der Waals surface area (Å²) in [6, 6.07) is 4.75. The maximum absolute atomic E-state index is 12.7. The van der Waals surface area contributed by atoms with Crippen molar-refractivity contribution in [2.24, 2.45) is 0 Å². The van der Waals surface area contributed by atoms with Gasteiger partial charge in [-0.15, -0.1) is 0 Å². The number of hydrogen-bond donors (Lipinski definition) is 2. The molecule has 2 unspecified atom stereocenters. The van der Waals surface area contributed by atoms with E-state index in [1.54, 1.807) is 0 Å². The van der Waals surface area contributed by atoms with E-state index in [9.17, 15) is 21.6 Å². The summed E-state index contributed by atoms with van der Waals surface area (Å²) in [6.07, 6.45) is -2.34. The molecule has 4 nitrogen and oxygen atoms in total. The molecule has 0 aromatic heterocycles. The fourth-order valence-corrected chi connectivity index (χ4v) is 4.18. The fraction of sp³-hybridized carbons (Fsp3) is 0.600. The molecule has 0 amide bonds. The van der Waals surface area contributed by atoms with Crippen LogP contribution in [0.15, 0.2) is 29.2 Å². The minimum absolute atomic E-state index is 0. The minimum atomic E-state index is -4.56. The number of sulfonamides is 1. The van der Waals surface area contributed by atoms with Gasteiger partial charge in [0.15, 0.2) is 0 Å². The molecule has 0 radical (unpaired) electrons. The number of likely N-dealkylation sites (tertiary alicyclic amines) is 1. The molecule has 9 heteroatoms. The van der Waals surface area contributed by atoms with Crippen LogP contribution in [-0.2, 0) is 16.2 Å². The van der Waals surface area contributed by atoms with E-state index in [0.717, 1.165) is 25.0 Å². The minimum Gasteiger partial charge on any atom is -1.00 e. The highest BCUT2D eigenvalue weighted by Gasteiger charge is 2.33. The zero-order chi connectivity index (χ0) is 17.3. The Kier molecular flexibility index (Phi) is 7.10. The van der Waals surface area contributed by atoms with E-state index in [1.165, 1.54) is 11.0 Å². The lowest BCUT2D eigenvalue weighted by Gasteiger charge is -2.23. The van der Waals surface area contributed by atoms with Crippen molar-refractivity contribution in [2.45, 2.75) is 49.8 Å². The SMILES string of the molecule is CC1CCC(C)[NH+]1CCNS(=O)(=O)c1cccc(C(F)(F)F)c1.[Cl-]. The van der Waals surface area contributed by atoms with Gasteiger partial charge in [0.25, 0.3) is 0 Å². The molecule has 0 bridgehead atoms. The summed E-state index contributed by atoms with van der Waals surface area (Å²) in [5, 5.41) is 0. The number of nitrogens with one attached hydrogen (secondary N) is 2. The molecule has 1 aromatic rings. The van der Waals surface area contributed by atoms with Crippen LogP contribution in [0, 0.1) is 0 Å². The van der Waals surface area contributed by atoms with Gasteiger partial charge in [-0.1, -0.05) is 6.07 Å². The number of alkyl halides is 3. The summed E-state index contributed by atoms with van der Waals surface area (Å²) in [5.41, 5.74) is -0.965. The summed E-state index contributed by atoms with van der Waals surface area (Å²) in [5.74, 6) is 0. The van der Waals surface area contributed by atoms with Gasteiger partial charge in [0.05, 0.1) is 35.6 Å². The quantitative estimate of drug-likeness (QED) is 0.643. The van der Waals surface area contributed by atoms with Crippen LogP contribution in [0.2, 0.25) is 0 Å². The van der Waals surface area contributed by atoms with Crippen molar-refractivity contribution < 1.29 is 38.9 Å². The number of quaternary nitrogens is 1. The Morgan fingerprint density at radius 3 is 2.33 bits per heavy atom. The molecule has 0 aliphatic carbocycles. The van der Waals surface area contributed by atoms with E-state index < -0.39 is 21.8 Å². The highest BCUT2D eigenvalue weighted by Crippen LogP contribution is 2.30. The van der Waals surface area contributed by atoms with Crippen LogP contribution in [0.25, 0.3) is 0 Å². The van der Waals surface area contributed by atoms with Crippen molar-refractivity contribution in [3.05, 3.63) is 29.8 Å². The van der Waals surface area contributed by atoms with Gasteiger partial charge in [-0.05, 0) is 32.0 Å². The summed E-state index contributed by atoms with van der Waals surface area (Å²) < 4.78 is 64.8. The van der Waals surface area contributed by atoms with Crippen molar-refractivity contribution in [1.29, 1.82) is 0 Å². The summed E-state index contributed by atoms with van der Waals surface area (Å²) in [6.45, 7) is 5.09. The Labute approximate surface area is 146 Å². The highest BCUT2D eigenvalue weighted by atomic mass is 35.5. The number of rotatable bonds is 5. The van der Waals surface area contributed by atoms with Gasteiger partial charge >= 0.3 is 6.18 Å². The lowest BCUT2D eigenvalue weighted by Crippen LogP contribution is -3.16. The molecule has 138 valence electrons. The van der Waals surface area contributed by atoms with Gasteiger partial charge in [0.2, 0.25) is 10.0 Å². The average Bonchev–Trinajstić information content (AvgIpc) is 2.78. The van der Waals surface area contributed by atoms with Crippen molar-refractivity contribution in [3.63, 3.8) is 0 Å². The molecule has 1 saturated heterocycles. The number of hydrogen-bond acceptors (Lipinski definition) is 2. The van der Waals surface area contributed by atoms with Crippen molar-refractivity contribution >= 4 is 10.0 Å². The third kappa shape index (κ3) is 5.08. The molecule has 0 saturated carbocycles. The molecule has 2 rings (SSSR count). The Morgan fingerprint density at radius 1 is 1.21 bits per heavy atom. The number of benzene rings is 1. The Balaban J connectivity index is 0.00000288. The summed E-state index contributed by atoms with van der Waals surface area (Å²) in [7, 11) is -3.93. The monoisotopic (exact) mass is 386 g/mol. The van der Waals surface area contributed by atoms with Crippen molar-refractivity contribution in [1.82, 2.24) is 4.72 Å². The first kappa shape index (κ1) is 21.2. The van der Waals surface area contributed by atoms with Gasteiger partial charge in [0, 0.05) is 12.8 Å². The van der Waals surface area contributed by atoms with Gasteiger partial charge in [-0.3, -0.25) is 0 Å². The van der Waals surface area contributed by atoms with E-state index in [2.05, 4.69) is 18.6 Å². The molecule has 0 spiro atoms. The highest BCUT2D eigenvalue weighted by molar-refractivity contribution is 7.89. The second-order valence-corrected chi connectivity index (χ2v) is 7.89. The molecule has 1 aliphatic rings. The molecule has 1 aliphatic heterocycles.